The van der Waals surface area contributed by atoms with Crippen LogP contribution in [0.25, 0.3) is 0 Å². The molecule has 0 spiro atoms. The number of hydrogen-bond donors (Lipinski definition) is 1. The van der Waals surface area contributed by atoms with Crippen LogP contribution in [0, 0.1) is 6.92 Å². The fourth-order valence-electron chi connectivity index (χ4n) is 3.10. The van der Waals surface area contributed by atoms with E-state index in [4.69, 9.17) is 4.98 Å². The molecule has 3 heteroatoms. The van der Waals surface area contributed by atoms with Crippen LogP contribution in [0.15, 0.2) is 42.5 Å². The number of hydrogen-bond acceptors (Lipinski definition) is 3. The molecule has 1 unspecified atom stereocenters. The summed E-state index contributed by atoms with van der Waals surface area (Å²) < 4.78 is 0. The minimum Gasteiger partial charge on any atom is -0.356 e. The van der Waals surface area contributed by atoms with E-state index in [9.17, 15) is 0 Å². The first kappa shape index (κ1) is 14.1. The largest absolute Gasteiger partial charge is 0.356 e. The van der Waals surface area contributed by atoms with Crippen molar-refractivity contribution in [2.24, 2.45) is 0 Å². The molecule has 1 aliphatic rings. The molecule has 110 valence electrons. The Balaban J connectivity index is 1.73. The maximum absolute atomic E-state index is 4.79. The van der Waals surface area contributed by atoms with E-state index in [-0.39, 0.29) is 0 Å². The van der Waals surface area contributed by atoms with Crippen LogP contribution < -0.4 is 10.2 Å². The van der Waals surface area contributed by atoms with E-state index < -0.39 is 0 Å². The number of pyridine rings is 1. The summed E-state index contributed by atoms with van der Waals surface area (Å²) in [5.41, 5.74) is 3.86. The highest BCUT2D eigenvalue weighted by Gasteiger charge is 2.24. The van der Waals surface area contributed by atoms with Gasteiger partial charge in [-0.3, -0.25) is 0 Å². The highest BCUT2D eigenvalue weighted by molar-refractivity contribution is 5.44. The SMILES string of the molecule is CNCc1ccc(N2CCC(c3ccccc3)C2)nc1C. The average molecular weight is 281 g/mol. The molecule has 3 rings (SSSR count). The summed E-state index contributed by atoms with van der Waals surface area (Å²) in [4.78, 5) is 7.20. The normalized spacial score (nSPS) is 18.2. The molecule has 0 radical (unpaired) electrons. The van der Waals surface area contributed by atoms with Crippen molar-refractivity contribution in [3.8, 4) is 0 Å². The van der Waals surface area contributed by atoms with E-state index in [0.717, 1.165) is 31.1 Å². The fourth-order valence-corrected chi connectivity index (χ4v) is 3.10. The quantitative estimate of drug-likeness (QED) is 0.933. The first-order valence-corrected chi connectivity index (χ1v) is 7.69. The number of benzene rings is 1. The van der Waals surface area contributed by atoms with Gasteiger partial charge in [0, 0.05) is 31.2 Å². The molecule has 0 bridgehead atoms. The predicted molar refractivity (Wildman–Crippen MR) is 87.8 cm³/mol. The van der Waals surface area contributed by atoms with Crippen molar-refractivity contribution in [1.82, 2.24) is 10.3 Å². The molecule has 2 aromatic rings. The van der Waals surface area contributed by atoms with Gasteiger partial charge in [0.05, 0.1) is 0 Å². The number of anilines is 1. The molecular weight excluding hydrogens is 258 g/mol. The van der Waals surface area contributed by atoms with E-state index in [1.54, 1.807) is 0 Å². The molecule has 21 heavy (non-hydrogen) atoms. The second kappa shape index (κ2) is 6.27. The fraction of sp³-hybridized carbons (Fsp3) is 0.389. The summed E-state index contributed by atoms with van der Waals surface area (Å²) >= 11 is 0. The lowest BCUT2D eigenvalue weighted by atomic mass is 9.99. The van der Waals surface area contributed by atoms with Crippen molar-refractivity contribution >= 4 is 5.82 Å². The van der Waals surface area contributed by atoms with Crippen molar-refractivity contribution in [2.75, 3.05) is 25.0 Å². The highest BCUT2D eigenvalue weighted by Crippen LogP contribution is 2.30. The molecule has 1 aromatic heterocycles. The molecule has 2 heterocycles. The Hall–Kier alpha value is -1.87. The van der Waals surface area contributed by atoms with Gasteiger partial charge in [0.25, 0.3) is 0 Å². The minimum atomic E-state index is 0.630. The molecule has 1 atom stereocenters. The van der Waals surface area contributed by atoms with Crippen LogP contribution in [-0.2, 0) is 6.54 Å². The number of nitrogens with one attached hydrogen (secondary N) is 1. The molecule has 1 fully saturated rings. The van der Waals surface area contributed by atoms with E-state index >= 15 is 0 Å². The van der Waals surface area contributed by atoms with Gasteiger partial charge in [-0.1, -0.05) is 36.4 Å². The van der Waals surface area contributed by atoms with Crippen LogP contribution in [-0.4, -0.2) is 25.1 Å². The standard InChI is InChI=1S/C18H23N3/c1-14-16(12-19-2)8-9-18(20-14)21-11-10-17(13-21)15-6-4-3-5-7-15/h3-9,17,19H,10-13H2,1-2H3. The van der Waals surface area contributed by atoms with Gasteiger partial charge >= 0.3 is 0 Å². The van der Waals surface area contributed by atoms with Crippen LogP contribution in [0.1, 0.15) is 29.2 Å². The van der Waals surface area contributed by atoms with Crippen LogP contribution in [0.3, 0.4) is 0 Å². The van der Waals surface area contributed by atoms with Crippen molar-refractivity contribution in [3.05, 3.63) is 59.3 Å². The predicted octanol–water partition coefficient (Wildman–Crippen LogP) is 3.10. The first-order chi connectivity index (χ1) is 10.3. The van der Waals surface area contributed by atoms with Gasteiger partial charge in [0.2, 0.25) is 0 Å². The molecule has 3 nitrogen and oxygen atoms in total. The molecule has 1 N–H and O–H groups in total. The number of aryl methyl sites for hydroxylation is 1. The first-order valence-electron chi connectivity index (χ1n) is 7.69. The monoisotopic (exact) mass is 281 g/mol. The summed E-state index contributed by atoms with van der Waals surface area (Å²) in [5.74, 6) is 1.75. The Kier molecular flexibility index (Phi) is 4.20. The van der Waals surface area contributed by atoms with E-state index in [1.165, 1.54) is 17.5 Å². The molecule has 1 aromatic carbocycles. The van der Waals surface area contributed by atoms with Gasteiger partial charge in [-0.25, -0.2) is 4.98 Å². The summed E-state index contributed by atoms with van der Waals surface area (Å²) in [6.07, 6.45) is 1.21. The third-order valence-electron chi connectivity index (χ3n) is 4.33. The van der Waals surface area contributed by atoms with Gasteiger partial charge in [-0.15, -0.1) is 0 Å². The third-order valence-corrected chi connectivity index (χ3v) is 4.33. The summed E-state index contributed by atoms with van der Waals surface area (Å²) in [6.45, 7) is 5.14. The average Bonchev–Trinajstić information content (AvgIpc) is 3.00. The third kappa shape index (κ3) is 3.08. The lowest BCUT2D eigenvalue weighted by Gasteiger charge is -2.19. The van der Waals surface area contributed by atoms with Gasteiger partial charge in [-0.2, -0.15) is 0 Å². The second-order valence-corrected chi connectivity index (χ2v) is 5.79. The number of aromatic nitrogens is 1. The molecule has 1 saturated heterocycles. The van der Waals surface area contributed by atoms with Gasteiger partial charge < -0.3 is 10.2 Å². The topological polar surface area (TPSA) is 28.2 Å². The van der Waals surface area contributed by atoms with E-state index in [2.05, 4.69) is 59.6 Å². The molecular formula is C18H23N3. The number of rotatable bonds is 4. The van der Waals surface area contributed by atoms with Crippen molar-refractivity contribution in [3.63, 3.8) is 0 Å². The van der Waals surface area contributed by atoms with Crippen LogP contribution in [0.2, 0.25) is 0 Å². The van der Waals surface area contributed by atoms with Crippen molar-refractivity contribution in [1.29, 1.82) is 0 Å². The Bertz CT molecular complexity index is 595. The van der Waals surface area contributed by atoms with E-state index in [0.29, 0.717) is 5.92 Å². The Labute approximate surface area is 127 Å². The number of nitrogens with zero attached hydrogens (tertiary/aromatic N) is 2. The maximum Gasteiger partial charge on any atom is 0.128 e. The Morgan fingerprint density at radius 1 is 1.19 bits per heavy atom. The van der Waals surface area contributed by atoms with Gasteiger partial charge in [0.15, 0.2) is 0 Å². The Morgan fingerprint density at radius 3 is 2.71 bits per heavy atom. The minimum absolute atomic E-state index is 0.630. The second-order valence-electron chi connectivity index (χ2n) is 5.79. The zero-order valence-electron chi connectivity index (χ0n) is 12.8. The highest BCUT2D eigenvalue weighted by atomic mass is 15.2. The van der Waals surface area contributed by atoms with Crippen LogP contribution in [0.5, 0.6) is 0 Å². The lowest BCUT2D eigenvalue weighted by molar-refractivity contribution is 0.773. The lowest BCUT2D eigenvalue weighted by Crippen LogP contribution is -2.21. The Morgan fingerprint density at radius 2 is 2.00 bits per heavy atom. The van der Waals surface area contributed by atoms with Gasteiger partial charge in [-0.05, 0) is 37.6 Å². The van der Waals surface area contributed by atoms with Crippen LogP contribution >= 0.6 is 0 Å². The van der Waals surface area contributed by atoms with Crippen molar-refractivity contribution in [2.45, 2.75) is 25.8 Å². The van der Waals surface area contributed by atoms with Crippen molar-refractivity contribution < 1.29 is 0 Å². The summed E-state index contributed by atoms with van der Waals surface area (Å²) in [5, 5.41) is 3.19. The maximum atomic E-state index is 4.79. The zero-order chi connectivity index (χ0) is 14.7. The van der Waals surface area contributed by atoms with Gasteiger partial charge in [0.1, 0.15) is 5.82 Å². The molecule has 0 amide bonds. The molecule has 0 saturated carbocycles. The summed E-state index contributed by atoms with van der Waals surface area (Å²) in [6, 6.07) is 15.2. The zero-order valence-corrected chi connectivity index (χ0v) is 12.8. The molecule has 1 aliphatic heterocycles. The van der Waals surface area contributed by atoms with E-state index in [1.807, 2.05) is 7.05 Å². The summed E-state index contributed by atoms with van der Waals surface area (Å²) in [7, 11) is 1.97. The van der Waals surface area contributed by atoms with Crippen LogP contribution in [0.4, 0.5) is 5.82 Å². The smallest absolute Gasteiger partial charge is 0.128 e. The molecule has 0 aliphatic carbocycles.